The lowest BCUT2D eigenvalue weighted by atomic mass is 10.2. The van der Waals surface area contributed by atoms with Gasteiger partial charge in [0.2, 0.25) is 5.75 Å². The van der Waals surface area contributed by atoms with Crippen LogP contribution in [-0.2, 0) is 0 Å². The molecule has 0 bridgehead atoms. The maximum Gasteiger partial charge on any atom is 0.347 e. The van der Waals surface area contributed by atoms with E-state index < -0.39 is 5.97 Å². The Balaban J connectivity index is 2.89. The van der Waals surface area contributed by atoms with Gasteiger partial charge < -0.3 is 19.3 Å². The summed E-state index contributed by atoms with van der Waals surface area (Å²) in [6, 6.07) is 1.64. The molecule has 0 saturated heterocycles. The molecule has 0 aliphatic rings. The van der Waals surface area contributed by atoms with E-state index >= 15 is 0 Å². The van der Waals surface area contributed by atoms with Crippen molar-refractivity contribution in [1.29, 1.82) is 0 Å². The molecule has 1 aromatic carbocycles. The van der Waals surface area contributed by atoms with Crippen LogP contribution < -0.4 is 14.2 Å². The highest BCUT2D eigenvalue weighted by molar-refractivity contribution is 7.22. The summed E-state index contributed by atoms with van der Waals surface area (Å²) in [5.41, 5.74) is 0. The number of halogens is 1. The van der Waals surface area contributed by atoms with Gasteiger partial charge in [0, 0.05) is 5.39 Å². The molecule has 1 heterocycles. The Labute approximate surface area is 118 Å². The average Bonchev–Trinajstić information content (AvgIpc) is 2.73. The fraction of sp³-hybridized carbons (Fsp3) is 0.250. The highest BCUT2D eigenvalue weighted by Gasteiger charge is 2.24. The molecule has 0 spiro atoms. The highest BCUT2D eigenvalue weighted by Crippen LogP contribution is 2.49. The topological polar surface area (TPSA) is 65.0 Å². The molecule has 1 N–H and O–H groups in total. The van der Waals surface area contributed by atoms with Crippen molar-refractivity contribution in [3.05, 3.63) is 16.0 Å². The quantitative estimate of drug-likeness (QED) is 0.939. The second kappa shape index (κ2) is 5.14. The van der Waals surface area contributed by atoms with Crippen LogP contribution in [0, 0.1) is 0 Å². The van der Waals surface area contributed by atoms with Gasteiger partial charge in [-0.1, -0.05) is 11.6 Å². The molecule has 5 nitrogen and oxygen atoms in total. The van der Waals surface area contributed by atoms with Crippen molar-refractivity contribution < 1.29 is 24.1 Å². The van der Waals surface area contributed by atoms with E-state index in [1.807, 2.05) is 0 Å². The molecule has 0 radical (unpaired) electrons. The zero-order valence-corrected chi connectivity index (χ0v) is 12.0. The SMILES string of the molecule is COc1cc2c(Cl)c(C(=O)O)sc2c(OC)c1OC. The molecule has 19 heavy (non-hydrogen) atoms. The fourth-order valence-electron chi connectivity index (χ4n) is 1.80. The molecule has 0 amide bonds. The molecule has 1 aromatic heterocycles. The second-order valence-electron chi connectivity index (χ2n) is 3.57. The van der Waals surface area contributed by atoms with Crippen LogP contribution in [0.25, 0.3) is 10.1 Å². The number of benzene rings is 1. The number of thiophene rings is 1. The van der Waals surface area contributed by atoms with Crippen molar-refractivity contribution in [3.63, 3.8) is 0 Å². The van der Waals surface area contributed by atoms with Gasteiger partial charge in [0.15, 0.2) is 11.5 Å². The number of hydrogen-bond acceptors (Lipinski definition) is 5. The molecule has 0 saturated carbocycles. The Bertz CT molecular complexity index is 649. The first kappa shape index (κ1) is 13.8. The smallest absolute Gasteiger partial charge is 0.347 e. The van der Waals surface area contributed by atoms with Gasteiger partial charge >= 0.3 is 5.97 Å². The van der Waals surface area contributed by atoms with Gasteiger partial charge in [-0.25, -0.2) is 4.79 Å². The van der Waals surface area contributed by atoms with E-state index in [2.05, 4.69) is 0 Å². The van der Waals surface area contributed by atoms with Gasteiger partial charge in [-0.05, 0) is 6.07 Å². The third kappa shape index (κ3) is 2.06. The minimum absolute atomic E-state index is 0.0604. The molecule has 0 aliphatic carbocycles. The molecule has 0 fully saturated rings. The van der Waals surface area contributed by atoms with Gasteiger partial charge in [0.05, 0.1) is 31.1 Å². The Kier molecular flexibility index (Phi) is 3.73. The third-order valence-electron chi connectivity index (χ3n) is 2.62. The second-order valence-corrected chi connectivity index (χ2v) is 4.97. The van der Waals surface area contributed by atoms with Crippen LogP contribution in [0.3, 0.4) is 0 Å². The molecule has 2 rings (SSSR count). The predicted molar refractivity (Wildman–Crippen MR) is 73.5 cm³/mol. The Morgan fingerprint density at radius 3 is 2.32 bits per heavy atom. The maximum atomic E-state index is 11.1. The summed E-state index contributed by atoms with van der Waals surface area (Å²) >= 11 is 7.12. The molecule has 7 heteroatoms. The zero-order chi connectivity index (χ0) is 14.2. The van der Waals surface area contributed by atoms with Gasteiger partial charge in [-0.2, -0.15) is 0 Å². The number of fused-ring (bicyclic) bond motifs is 1. The summed E-state index contributed by atoms with van der Waals surface area (Å²) in [4.78, 5) is 11.2. The summed E-state index contributed by atoms with van der Waals surface area (Å²) in [6.07, 6.45) is 0. The number of ether oxygens (including phenoxy) is 3. The third-order valence-corrected chi connectivity index (χ3v) is 4.32. The van der Waals surface area contributed by atoms with Crippen molar-refractivity contribution >= 4 is 39.0 Å². The first-order valence-electron chi connectivity index (χ1n) is 5.19. The van der Waals surface area contributed by atoms with Crippen LogP contribution in [0.4, 0.5) is 0 Å². The van der Waals surface area contributed by atoms with E-state index in [0.29, 0.717) is 27.3 Å². The van der Waals surface area contributed by atoms with Crippen molar-refractivity contribution in [2.45, 2.75) is 0 Å². The van der Waals surface area contributed by atoms with Crippen molar-refractivity contribution in [2.75, 3.05) is 21.3 Å². The van der Waals surface area contributed by atoms with Crippen molar-refractivity contribution in [1.82, 2.24) is 0 Å². The average molecular weight is 303 g/mol. The van der Waals surface area contributed by atoms with E-state index in [9.17, 15) is 4.79 Å². The van der Waals surface area contributed by atoms with E-state index in [-0.39, 0.29) is 9.90 Å². The summed E-state index contributed by atoms with van der Waals surface area (Å²) < 4.78 is 16.4. The maximum absolute atomic E-state index is 11.1. The largest absolute Gasteiger partial charge is 0.493 e. The lowest BCUT2D eigenvalue weighted by Gasteiger charge is -2.12. The van der Waals surface area contributed by atoms with Crippen LogP contribution in [0.15, 0.2) is 6.07 Å². The number of aromatic carboxylic acids is 1. The van der Waals surface area contributed by atoms with Gasteiger partial charge in [0.1, 0.15) is 4.88 Å². The standard InChI is InChI=1S/C12H11ClO5S/c1-16-6-4-5-7(13)11(12(14)15)19-10(5)9(18-3)8(6)17-2/h4H,1-3H3,(H,14,15). The number of rotatable bonds is 4. The molecular weight excluding hydrogens is 292 g/mol. The monoisotopic (exact) mass is 302 g/mol. The first-order valence-corrected chi connectivity index (χ1v) is 6.38. The van der Waals surface area contributed by atoms with Crippen molar-refractivity contribution in [2.24, 2.45) is 0 Å². The normalized spacial score (nSPS) is 10.5. The van der Waals surface area contributed by atoms with Crippen LogP contribution in [-0.4, -0.2) is 32.4 Å². The molecule has 0 atom stereocenters. The first-order chi connectivity index (χ1) is 9.04. The molecular formula is C12H11ClO5S. The molecule has 2 aromatic rings. The Morgan fingerprint density at radius 2 is 1.84 bits per heavy atom. The lowest BCUT2D eigenvalue weighted by Crippen LogP contribution is -1.94. The number of carboxylic acid groups (broad SMARTS) is 1. The molecule has 0 aliphatic heterocycles. The minimum Gasteiger partial charge on any atom is -0.493 e. The lowest BCUT2D eigenvalue weighted by molar-refractivity contribution is 0.0702. The van der Waals surface area contributed by atoms with Gasteiger partial charge in [0.25, 0.3) is 0 Å². The van der Waals surface area contributed by atoms with E-state index in [0.717, 1.165) is 11.3 Å². The summed E-state index contributed by atoms with van der Waals surface area (Å²) in [6.45, 7) is 0. The zero-order valence-electron chi connectivity index (χ0n) is 10.4. The summed E-state index contributed by atoms with van der Waals surface area (Å²) in [5, 5.41) is 9.85. The van der Waals surface area contributed by atoms with Gasteiger partial charge in [-0.15, -0.1) is 11.3 Å². The summed E-state index contributed by atoms with van der Waals surface area (Å²) in [5.74, 6) is 0.179. The predicted octanol–water partition coefficient (Wildman–Crippen LogP) is 3.28. The van der Waals surface area contributed by atoms with E-state index in [4.69, 9.17) is 30.9 Å². The molecule has 102 valence electrons. The van der Waals surface area contributed by atoms with Gasteiger partial charge in [-0.3, -0.25) is 0 Å². The minimum atomic E-state index is -1.08. The van der Waals surface area contributed by atoms with Crippen LogP contribution >= 0.6 is 22.9 Å². The van der Waals surface area contributed by atoms with Crippen LogP contribution in [0.2, 0.25) is 5.02 Å². The van der Waals surface area contributed by atoms with Crippen molar-refractivity contribution in [3.8, 4) is 17.2 Å². The number of hydrogen-bond donors (Lipinski definition) is 1. The number of carboxylic acids is 1. The number of methoxy groups -OCH3 is 3. The fourth-order valence-corrected chi connectivity index (χ4v) is 3.23. The Morgan fingerprint density at radius 1 is 1.21 bits per heavy atom. The molecule has 0 unspecified atom stereocenters. The van der Waals surface area contributed by atoms with E-state index in [1.165, 1.54) is 21.3 Å². The highest BCUT2D eigenvalue weighted by atomic mass is 35.5. The number of carbonyl (C=O) groups is 1. The van der Waals surface area contributed by atoms with Crippen LogP contribution in [0.5, 0.6) is 17.2 Å². The van der Waals surface area contributed by atoms with Crippen LogP contribution in [0.1, 0.15) is 9.67 Å². The summed E-state index contributed by atoms with van der Waals surface area (Å²) in [7, 11) is 4.45. The van der Waals surface area contributed by atoms with E-state index in [1.54, 1.807) is 6.07 Å². The Hall–Kier alpha value is -1.66.